The normalized spacial score (nSPS) is 23.5. The highest BCUT2D eigenvalue weighted by molar-refractivity contribution is 7.09. The van der Waals surface area contributed by atoms with E-state index in [1.807, 2.05) is 6.92 Å². The Morgan fingerprint density at radius 2 is 2.21 bits per heavy atom. The maximum atomic E-state index is 9.90. The molecule has 108 valence electrons. The van der Waals surface area contributed by atoms with E-state index in [1.54, 1.807) is 11.3 Å². The summed E-state index contributed by atoms with van der Waals surface area (Å²) in [5.41, 5.74) is 1.30. The molecule has 0 spiro atoms. The first kappa shape index (κ1) is 14.9. The first-order valence-corrected chi connectivity index (χ1v) is 8.13. The lowest BCUT2D eigenvalue weighted by Gasteiger charge is -2.36. The molecule has 1 aliphatic rings. The van der Waals surface area contributed by atoms with Crippen molar-refractivity contribution in [3.8, 4) is 0 Å². The number of nitrogens with zero attached hydrogens (tertiary/aromatic N) is 2. The Labute approximate surface area is 120 Å². The summed E-state index contributed by atoms with van der Waals surface area (Å²) in [6, 6.07) is 0.302. The molecule has 0 radical (unpaired) electrons. The molecule has 1 aliphatic heterocycles. The summed E-state index contributed by atoms with van der Waals surface area (Å²) in [6.45, 7) is 10.5. The third kappa shape index (κ3) is 3.77. The highest BCUT2D eigenvalue weighted by atomic mass is 32.1. The molecule has 3 nitrogen and oxygen atoms in total. The van der Waals surface area contributed by atoms with Gasteiger partial charge in [-0.05, 0) is 26.3 Å². The Morgan fingerprint density at radius 3 is 2.79 bits per heavy atom. The van der Waals surface area contributed by atoms with Crippen molar-refractivity contribution in [2.45, 2.75) is 71.1 Å². The average molecular weight is 282 g/mol. The molecule has 0 aromatic carbocycles. The Morgan fingerprint density at radius 1 is 1.47 bits per heavy atom. The van der Waals surface area contributed by atoms with Crippen molar-refractivity contribution in [2.24, 2.45) is 0 Å². The van der Waals surface area contributed by atoms with Crippen molar-refractivity contribution in [1.82, 2.24) is 9.88 Å². The fourth-order valence-electron chi connectivity index (χ4n) is 2.66. The number of hydrogen-bond acceptors (Lipinski definition) is 4. The van der Waals surface area contributed by atoms with Gasteiger partial charge in [0, 0.05) is 16.8 Å². The predicted molar refractivity (Wildman–Crippen MR) is 80.5 cm³/mol. The third-order valence-corrected chi connectivity index (χ3v) is 4.71. The minimum atomic E-state index is -0.248. The lowest BCUT2D eigenvalue weighted by Crippen LogP contribution is -2.45. The number of rotatable bonds is 3. The summed E-state index contributed by atoms with van der Waals surface area (Å²) in [5.74, 6) is 0. The molecule has 0 bridgehead atoms. The van der Waals surface area contributed by atoms with E-state index in [0.717, 1.165) is 19.5 Å². The van der Waals surface area contributed by atoms with Gasteiger partial charge in [0.2, 0.25) is 0 Å². The smallest absolute Gasteiger partial charge is 0.107 e. The summed E-state index contributed by atoms with van der Waals surface area (Å²) < 4.78 is 0. The zero-order valence-electron chi connectivity index (χ0n) is 12.5. The number of likely N-dealkylation sites (tertiary alicyclic amines) is 1. The van der Waals surface area contributed by atoms with Crippen molar-refractivity contribution < 1.29 is 5.11 Å². The van der Waals surface area contributed by atoms with E-state index < -0.39 is 0 Å². The second-order valence-corrected chi connectivity index (χ2v) is 7.59. The minimum Gasteiger partial charge on any atom is -0.392 e. The molecule has 2 heterocycles. The van der Waals surface area contributed by atoms with Crippen LogP contribution in [0.25, 0.3) is 0 Å². The van der Waals surface area contributed by atoms with Crippen LogP contribution < -0.4 is 0 Å². The van der Waals surface area contributed by atoms with Gasteiger partial charge in [0.05, 0.1) is 18.3 Å². The fraction of sp³-hybridized carbons (Fsp3) is 0.800. The monoisotopic (exact) mass is 282 g/mol. The molecular formula is C15H26N2OS. The zero-order valence-corrected chi connectivity index (χ0v) is 13.3. The van der Waals surface area contributed by atoms with E-state index in [2.05, 4.69) is 31.1 Å². The van der Waals surface area contributed by atoms with Crippen molar-refractivity contribution >= 4 is 11.3 Å². The lowest BCUT2D eigenvalue weighted by atomic mass is 9.93. The Kier molecular flexibility index (Phi) is 4.64. The number of hydrogen-bond donors (Lipinski definition) is 1. The van der Waals surface area contributed by atoms with E-state index in [4.69, 9.17) is 4.98 Å². The predicted octanol–water partition coefficient (Wildman–Crippen LogP) is 3.18. The first-order valence-electron chi connectivity index (χ1n) is 7.25. The van der Waals surface area contributed by atoms with Crippen LogP contribution in [0.4, 0.5) is 0 Å². The summed E-state index contributed by atoms with van der Waals surface area (Å²) in [4.78, 5) is 7.17. The number of thiazole rings is 1. The van der Waals surface area contributed by atoms with Crippen molar-refractivity contribution in [2.75, 3.05) is 6.54 Å². The first-order chi connectivity index (χ1) is 8.88. The molecule has 1 fully saturated rings. The molecule has 1 aromatic rings. The molecule has 0 saturated carbocycles. The van der Waals surface area contributed by atoms with Crippen molar-refractivity contribution in [3.63, 3.8) is 0 Å². The number of piperidine rings is 1. The van der Waals surface area contributed by atoms with Crippen LogP contribution in [0.3, 0.4) is 0 Å². The third-order valence-electron chi connectivity index (χ3n) is 3.88. The molecule has 2 rings (SSSR count). The Hall–Kier alpha value is -0.450. The van der Waals surface area contributed by atoms with Crippen molar-refractivity contribution in [1.29, 1.82) is 0 Å². The van der Waals surface area contributed by atoms with Gasteiger partial charge in [-0.2, -0.15) is 0 Å². The molecule has 1 saturated heterocycles. The topological polar surface area (TPSA) is 36.4 Å². The maximum Gasteiger partial charge on any atom is 0.107 e. The van der Waals surface area contributed by atoms with Gasteiger partial charge in [-0.15, -0.1) is 11.3 Å². The fourth-order valence-corrected chi connectivity index (χ4v) is 3.71. The second kappa shape index (κ2) is 5.90. The summed E-state index contributed by atoms with van der Waals surface area (Å²) in [5, 5.41) is 13.3. The molecule has 1 aromatic heterocycles. The second-order valence-electron chi connectivity index (χ2n) is 6.65. The molecular weight excluding hydrogens is 256 g/mol. The summed E-state index contributed by atoms with van der Waals surface area (Å²) in [7, 11) is 0. The molecule has 2 unspecified atom stereocenters. The molecule has 4 heteroatoms. The van der Waals surface area contributed by atoms with Crippen molar-refractivity contribution in [3.05, 3.63) is 16.1 Å². The van der Waals surface area contributed by atoms with Crippen LogP contribution in [0, 0.1) is 0 Å². The molecule has 0 amide bonds. The maximum absolute atomic E-state index is 9.90. The summed E-state index contributed by atoms with van der Waals surface area (Å²) in [6.07, 6.45) is 3.33. The Balaban J connectivity index is 2.05. The highest BCUT2D eigenvalue weighted by Crippen LogP contribution is 2.27. The van der Waals surface area contributed by atoms with E-state index in [-0.39, 0.29) is 11.5 Å². The van der Waals surface area contributed by atoms with Gasteiger partial charge < -0.3 is 5.11 Å². The minimum absolute atomic E-state index is 0.125. The van der Waals surface area contributed by atoms with Crippen LogP contribution in [0.2, 0.25) is 0 Å². The quantitative estimate of drug-likeness (QED) is 0.925. The van der Waals surface area contributed by atoms with Crippen LogP contribution in [0.5, 0.6) is 0 Å². The van der Waals surface area contributed by atoms with Crippen LogP contribution in [-0.2, 0) is 12.0 Å². The number of aliphatic hydroxyl groups is 1. The van der Waals surface area contributed by atoms with E-state index >= 15 is 0 Å². The van der Waals surface area contributed by atoms with E-state index in [1.165, 1.54) is 23.5 Å². The van der Waals surface area contributed by atoms with Crippen LogP contribution in [-0.4, -0.2) is 33.7 Å². The van der Waals surface area contributed by atoms with Gasteiger partial charge in [0.25, 0.3) is 0 Å². The van der Waals surface area contributed by atoms with Crippen LogP contribution in [0.15, 0.2) is 5.38 Å². The number of aromatic nitrogens is 1. The van der Waals surface area contributed by atoms with Gasteiger partial charge >= 0.3 is 0 Å². The molecule has 19 heavy (non-hydrogen) atoms. The Bertz CT molecular complexity index is 409. The molecule has 2 atom stereocenters. The van der Waals surface area contributed by atoms with Gasteiger partial charge in [0.15, 0.2) is 0 Å². The summed E-state index contributed by atoms with van der Waals surface area (Å²) >= 11 is 1.75. The van der Waals surface area contributed by atoms with Crippen LogP contribution >= 0.6 is 11.3 Å². The molecule has 0 aliphatic carbocycles. The van der Waals surface area contributed by atoms with E-state index in [9.17, 15) is 5.11 Å². The zero-order chi connectivity index (χ0) is 14.0. The van der Waals surface area contributed by atoms with E-state index in [0.29, 0.717) is 6.04 Å². The number of aliphatic hydroxyl groups excluding tert-OH is 1. The molecule has 1 N–H and O–H groups in total. The van der Waals surface area contributed by atoms with Crippen LogP contribution in [0.1, 0.15) is 57.7 Å². The SMILES string of the molecule is CC(O)C1CCCCN1Cc1nc(C(C)(C)C)cs1. The standard InChI is InChI=1S/C15H26N2OS/c1-11(18)12-7-5-6-8-17(12)9-14-16-13(10-19-14)15(2,3)4/h10-12,18H,5-9H2,1-4H3. The van der Waals surface area contributed by atoms with Gasteiger partial charge in [-0.1, -0.05) is 27.2 Å². The van der Waals surface area contributed by atoms with Gasteiger partial charge in [-0.25, -0.2) is 4.98 Å². The van der Waals surface area contributed by atoms with Gasteiger partial charge in [0.1, 0.15) is 5.01 Å². The largest absolute Gasteiger partial charge is 0.392 e. The van der Waals surface area contributed by atoms with Gasteiger partial charge in [-0.3, -0.25) is 4.90 Å². The lowest BCUT2D eigenvalue weighted by molar-refractivity contribution is 0.0316. The highest BCUT2D eigenvalue weighted by Gasteiger charge is 2.27. The average Bonchev–Trinajstić information content (AvgIpc) is 2.77.